The predicted molar refractivity (Wildman–Crippen MR) is 86.0 cm³/mol. The smallest absolute Gasteiger partial charge is 0.128 e. The molecular formula is C19H22NO+. The van der Waals surface area contributed by atoms with E-state index in [-0.39, 0.29) is 6.10 Å². The predicted octanol–water partition coefficient (Wildman–Crippen LogP) is 2.09. The van der Waals surface area contributed by atoms with E-state index < -0.39 is 0 Å². The van der Waals surface area contributed by atoms with Gasteiger partial charge in [-0.1, -0.05) is 60.7 Å². The molecule has 1 aliphatic rings. The molecule has 108 valence electrons. The van der Waals surface area contributed by atoms with Crippen molar-refractivity contribution in [2.75, 3.05) is 19.6 Å². The van der Waals surface area contributed by atoms with Gasteiger partial charge < -0.3 is 10.0 Å². The first-order chi connectivity index (χ1) is 10.3. The summed E-state index contributed by atoms with van der Waals surface area (Å²) in [5, 5.41) is 10.3. The van der Waals surface area contributed by atoms with Crippen molar-refractivity contribution in [2.24, 2.45) is 0 Å². The zero-order valence-electron chi connectivity index (χ0n) is 12.2. The minimum atomic E-state index is -0.368. The number of aliphatic hydroxyl groups is 1. The first kappa shape index (κ1) is 14.1. The molecule has 0 radical (unpaired) electrons. The topological polar surface area (TPSA) is 24.7 Å². The van der Waals surface area contributed by atoms with Crippen molar-refractivity contribution in [2.45, 2.75) is 12.5 Å². The van der Waals surface area contributed by atoms with Crippen LogP contribution in [-0.4, -0.2) is 24.7 Å². The van der Waals surface area contributed by atoms with E-state index in [9.17, 15) is 5.11 Å². The van der Waals surface area contributed by atoms with Crippen molar-refractivity contribution in [1.82, 2.24) is 0 Å². The van der Waals surface area contributed by atoms with Crippen LogP contribution in [-0.2, 0) is 0 Å². The Morgan fingerprint density at radius 1 is 0.952 bits per heavy atom. The molecule has 2 atom stereocenters. The molecule has 2 aromatic carbocycles. The van der Waals surface area contributed by atoms with Gasteiger partial charge >= 0.3 is 0 Å². The van der Waals surface area contributed by atoms with E-state index in [0.29, 0.717) is 0 Å². The maximum absolute atomic E-state index is 10.3. The molecule has 0 spiro atoms. The zero-order valence-corrected chi connectivity index (χ0v) is 12.2. The fourth-order valence-electron chi connectivity index (χ4n) is 2.95. The molecule has 0 saturated heterocycles. The highest BCUT2D eigenvalue weighted by Crippen LogP contribution is 2.18. The van der Waals surface area contributed by atoms with Crippen LogP contribution in [0.3, 0.4) is 0 Å². The van der Waals surface area contributed by atoms with E-state index in [4.69, 9.17) is 0 Å². The normalized spacial score (nSPS) is 19.9. The van der Waals surface area contributed by atoms with Crippen LogP contribution in [0.5, 0.6) is 0 Å². The van der Waals surface area contributed by atoms with Crippen molar-refractivity contribution >= 4 is 5.57 Å². The lowest BCUT2D eigenvalue weighted by molar-refractivity contribution is -0.898. The molecule has 2 nitrogen and oxygen atoms in total. The van der Waals surface area contributed by atoms with Crippen LogP contribution in [0.2, 0.25) is 0 Å². The van der Waals surface area contributed by atoms with Gasteiger partial charge in [0.25, 0.3) is 0 Å². The van der Waals surface area contributed by atoms with Gasteiger partial charge in [-0.3, -0.25) is 0 Å². The average molecular weight is 280 g/mol. The Morgan fingerprint density at radius 2 is 1.62 bits per heavy atom. The second-order valence-electron chi connectivity index (χ2n) is 5.68. The van der Waals surface area contributed by atoms with E-state index in [1.165, 1.54) is 16.0 Å². The van der Waals surface area contributed by atoms with Crippen molar-refractivity contribution in [1.29, 1.82) is 0 Å². The fraction of sp³-hybridized carbons (Fsp3) is 0.263. The summed E-state index contributed by atoms with van der Waals surface area (Å²) in [7, 11) is 0. The van der Waals surface area contributed by atoms with Gasteiger partial charge in [0.05, 0.1) is 13.1 Å². The van der Waals surface area contributed by atoms with E-state index in [1.807, 2.05) is 30.3 Å². The largest absolute Gasteiger partial charge is 0.382 e. The number of quaternary nitrogens is 1. The summed E-state index contributed by atoms with van der Waals surface area (Å²) in [6.07, 6.45) is 3.04. The summed E-state index contributed by atoms with van der Waals surface area (Å²) in [5.41, 5.74) is 3.79. The first-order valence-corrected chi connectivity index (χ1v) is 7.64. The minimum absolute atomic E-state index is 0.368. The number of nitrogens with one attached hydrogen (secondary N) is 1. The second-order valence-corrected chi connectivity index (χ2v) is 5.68. The molecule has 2 heteroatoms. The Hall–Kier alpha value is -1.90. The zero-order chi connectivity index (χ0) is 14.5. The van der Waals surface area contributed by atoms with Gasteiger partial charge in [-0.05, 0) is 22.8 Å². The number of aliphatic hydroxyl groups excluding tert-OH is 1. The monoisotopic (exact) mass is 280 g/mol. The van der Waals surface area contributed by atoms with Crippen LogP contribution in [0.25, 0.3) is 5.57 Å². The SMILES string of the molecule is O[C@@H](C[NH+]1CC=C(c2ccccc2)CC1)c1ccccc1. The van der Waals surface area contributed by atoms with E-state index in [1.54, 1.807) is 0 Å². The molecule has 1 heterocycles. The molecule has 0 saturated carbocycles. The number of hydrogen-bond donors (Lipinski definition) is 2. The number of rotatable bonds is 4. The molecule has 3 rings (SSSR count). The Labute approximate surface area is 126 Å². The molecule has 21 heavy (non-hydrogen) atoms. The molecule has 0 aliphatic carbocycles. The standard InChI is InChI=1S/C19H21NO/c21-19(18-9-5-2-6-10-18)15-20-13-11-17(12-14-20)16-7-3-1-4-8-16/h1-11,19,21H,12-15H2/p+1/t19-/m0/s1. The van der Waals surface area contributed by atoms with Crippen LogP contribution in [0, 0.1) is 0 Å². The third kappa shape index (κ3) is 3.60. The van der Waals surface area contributed by atoms with Crippen LogP contribution >= 0.6 is 0 Å². The molecule has 0 fully saturated rings. The van der Waals surface area contributed by atoms with Gasteiger partial charge in [-0.15, -0.1) is 0 Å². The number of benzene rings is 2. The van der Waals surface area contributed by atoms with Crippen molar-refractivity contribution in [3.63, 3.8) is 0 Å². The summed E-state index contributed by atoms with van der Waals surface area (Å²) in [4.78, 5) is 1.45. The summed E-state index contributed by atoms with van der Waals surface area (Å²) in [6.45, 7) is 2.86. The Kier molecular flexibility index (Phi) is 4.49. The Bertz CT molecular complexity index is 591. The third-order valence-corrected chi connectivity index (χ3v) is 4.20. The quantitative estimate of drug-likeness (QED) is 0.881. The van der Waals surface area contributed by atoms with Crippen LogP contribution in [0.4, 0.5) is 0 Å². The van der Waals surface area contributed by atoms with Gasteiger partial charge in [0.2, 0.25) is 0 Å². The van der Waals surface area contributed by atoms with Crippen LogP contribution in [0.1, 0.15) is 23.7 Å². The van der Waals surface area contributed by atoms with Gasteiger partial charge in [0, 0.05) is 6.42 Å². The second kappa shape index (κ2) is 6.70. The van der Waals surface area contributed by atoms with E-state index >= 15 is 0 Å². The Morgan fingerprint density at radius 3 is 2.24 bits per heavy atom. The van der Waals surface area contributed by atoms with Gasteiger partial charge in [-0.2, -0.15) is 0 Å². The van der Waals surface area contributed by atoms with Crippen LogP contribution < -0.4 is 4.90 Å². The lowest BCUT2D eigenvalue weighted by Crippen LogP contribution is -3.12. The molecule has 1 aliphatic heterocycles. The fourth-order valence-corrected chi connectivity index (χ4v) is 2.95. The highest BCUT2D eigenvalue weighted by Gasteiger charge is 2.19. The Balaban J connectivity index is 1.60. The summed E-state index contributed by atoms with van der Waals surface area (Å²) >= 11 is 0. The number of hydrogen-bond acceptors (Lipinski definition) is 1. The molecule has 0 bridgehead atoms. The lowest BCUT2D eigenvalue weighted by atomic mass is 9.99. The van der Waals surface area contributed by atoms with Gasteiger partial charge in [0.1, 0.15) is 12.6 Å². The molecule has 2 aromatic rings. The van der Waals surface area contributed by atoms with E-state index in [2.05, 4.69) is 36.4 Å². The average Bonchev–Trinajstić information content (AvgIpc) is 2.57. The van der Waals surface area contributed by atoms with Crippen LogP contribution in [0.15, 0.2) is 66.7 Å². The highest BCUT2D eigenvalue weighted by atomic mass is 16.3. The molecule has 0 amide bonds. The summed E-state index contributed by atoms with van der Waals surface area (Å²) < 4.78 is 0. The summed E-state index contributed by atoms with van der Waals surface area (Å²) in [5.74, 6) is 0. The van der Waals surface area contributed by atoms with Gasteiger partial charge in [0.15, 0.2) is 0 Å². The molecule has 0 aromatic heterocycles. The highest BCUT2D eigenvalue weighted by molar-refractivity contribution is 5.65. The van der Waals surface area contributed by atoms with E-state index in [0.717, 1.165) is 31.6 Å². The van der Waals surface area contributed by atoms with Gasteiger partial charge in [-0.25, -0.2) is 0 Å². The van der Waals surface area contributed by atoms with Crippen molar-refractivity contribution in [3.8, 4) is 0 Å². The molecular weight excluding hydrogens is 258 g/mol. The molecule has 2 N–H and O–H groups in total. The minimum Gasteiger partial charge on any atom is -0.382 e. The maximum atomic E-state index is 10.3. The van der Waals surface area contributed by atoms with Crippen molar-refractivity contribution in [3.05, 3.63) is 77.9 Å². The van der Waals surface area contributed by atoms with Crippen molar-refractivity contribution < 1.29 is 10.0 Å². The molecule has 1 unspecified atom stereocenters. The third-order valence-electron chi connectivity index (χ3n) is 4.20. The summed E-state index contributed by atoms with van der Waals surface area (Å²) in [6, 6.07) is 20.5. The maximum Gasteiger partial charge on any atom is 0.128 e. The first-order valence-electron chi connectivity index (χ1n) is 7.64. The lowest BCUT2D eigenvalue weighted by Gasteiger charge is -2.25.